The maximum atomic E-state index is 12.6. The second-order valence-electron chi connectivity index (χ2n) is 6.04. The number of nitrogens with two attached hydrogens (primary N) is 1. The van der Waals surface area contributed by atoms with Gasteiger partial charge >= 0.3 is 0 Å². The molecule has 2 aromatic heterocycles. The molecular formula is C17H20N8O4. The number of nitrogens with zero attached hydrogens (tertiary/aromatic N) is 6. The van der Waals surface area contributed by atoms with Crippen LogP contribution in [0.4, 0.5) is 5.82 Å². The number of hydrogen-bond acceptors (Lipinski definition) is 10. The molecule has 1 aromatic carbocycles. The Hall–Kier alpha value is -3.96. The van der Waals surface area contributed by atoms with Crippen LogP contribution in [0.1, 0.15) is 42.0 Å². The molecule has 0 radical (unpaired) electrons. The number of benzene rings is 1. The highest BCUT2D eigenvalue weighted by Crippen LogP contribution is 2.26. The average molecular weight is 400 g/mol. The molecular weight excluding hydrogens is 380 g/mol. The number of hydrogen-bond donors (Lipinski definition) is 3. The summed E-state index contributed by atoms with van der Waals surface area (Å²) in [6, 6.07) is 4.75. The fourth-order valence-corrected chi connectivity index (χ4v) is 2.60. The second-order valence-corrected chi connectivity index (χ2v) is 6.04. The fourth-order valence-electron chi connectivity index (χ4n) is 2.60. The minimum Gasteiger partial charge on any atom is -0.504 e. The Balaban J connectivity index is 1.85. The molecule has 0 saturated carbocycles. The first kappa shape index (κ1) is 19.8. The van der Waals surface area contributed by atoms with Gasteiger partial charge in [-0.05, 0) is 41.9 Å². The molecule has 12 heteroatoms. The topological polar surface area (TPSA) is 167 Å². The van der Waals surface area contributed by atoms with Crippen molar-refractivity contribution in [2.75, 3.05) is 12.8 Å². The normalized spacial score (nSPS) is 11.5. The minimum absolute atomic E-state index is 0.00975. The maximum Gasteiger partial charge on any atom is 0.293 e. The number of nitrogens with one attached hydrogen (secondary N) is 1. The third kappa shape index (κ3) is 4.00. The van der Waals surface area contributed by atoms with Crippen LogP contribution in [-0.2, 0) is 6.42 Å². The number of hydrazone groups is 1. The summed E-state index contributed by atoms with van der Waals surface area (Å²) in [5.74, 6) is -0.0315. The van der Waals surface area contributed by atoms with E-state index in [0.717, 1.165) is 6.42 Å². The number of methoxy groups -OCH3 is 1. The van der Waals surface area contributed by atoms with Gasteiger partial charge in [0.2, 0.25) is 11.6 Å². The van der Waals surface area contributed by atoms with Crippen LogP contribution in [0.25, 0.3) is 5.82 Å². The highest BCUT2D eigenvalue weighted by molar-refractivity contribution is 6.01. The van der Waals surface area contributed by atoms with E-state index in [9.17, 15) is 9.90 Å². The number of phenols is 1. The van der Waals surface area contributed by atoms with E-state index >= 15 is 0 Å². The fraction of sp³-hybridized carbons (Fsp3) is 0.294. The molecule has 0 aliphatic rings. The Labute approximate surface area is 165 Å². The predicted octanol–water partition coefficient (Wildman–Crippen LogP) is 1.05. The van der Waals surface area contributed by atoms with Crippen molar-refractivity contribution in [3.63, 3.8) is 0 Å². The average Bonchev–Trinajstić information content (AvgIpc) is 3.32. The van der Waals surface area contributed by atoms with Gasteiger partial charge < -0.3 is 15.6 Å². The van der Waals surface area contributed by atoms with E-state index in [-0.39, 0.29) is 23.1 Å². The third-order valence-corrected chi connectivity index (χ3v) is 4.08. The zero-order valence-electron chi connectivity index (χ0n) is 16.1. The van der Waals surface area contributed by atoms with Crippen LogP contribution in [0, 0.1) is 0 Å². The summed E-state index contributed by atoms with van der Waals surface area (Å²) >= 11 is 0. The van der Waals surface area contributed by atoms with Crippen molar-refractivity contribution in [3.05, 3.63) is 35.2 Å². The third-order valence-electron chi connectivity index (χ3n) is 4.08. The van der Waals surface area contributed by atoms with Gasteiger partial charge in [0, 0.05) is 5.56 Å². The first-order valence-electron chi connectivity index (χ1n) is 8.71. The van der Waals surface area contributed by atoms with Gasteiger partial charge in [-0.1, -0.05) is 18.6 Å². The predicted molar refractivity (Wildman–Crippen MR) is 102 cm³/mol. The van der Waals surface area contributed by atoms with Crippen LogP contribution < -0.4 is 15.9 Å². The molecule has 0 aliphatic heterocycles. The molecule has 152 valence electrons. The van der Waals surface area contributed by atoms with Crippen molar-refractivity contribution < 1.29 is 19.3 Å². The van der Waals surface area contributed by atoms with Crippen LogP contribution in [0.15, 0.2) is 27.9 Å². The zero-order chi connectivity index (χ0) is 21.0. The molecule has 29 heavy (non-hydrogen) atoms. The van der Waals surface area contributed by atoms with Crippen molar-refractivity contribution in [2.45, 2.75) is 26.7 Å². The van der Waals surface area contributed by atoms with E-state index in [4.69, 9.17) is 10.5 Å². The van der Waals surface area contributed by atoms with Gasteiger partial charge in [-0.3, -0.25) is 4.79 Å². The molecule has 12 nitrogen and oxygen atoms in total. The number of rotatable bonds is 7. The van der Waals surface area contributed by atoms with E-state index in [1.54, 1.807) is 19.1 Å². The SMILES string of the molecule is CCCc1c(C(=O)N/N=C(\C)c2ccc(O)c(OC)c2)nnn1-c1nonc1N. The van der Waals surface area contributed by atoms with Crippen molar-refractivity contribution in [1.29, 1.82) is 0 Å². The zero-order valence-corrected chi connectivity index (χ0v) is 16.1. The van der Waals surface area contributed by atoms with Crippen LogP contribution in [0.5, 0.6) is 11.5 Å². The summed E-state index contributed by atoms with van der Waals surface area (Å²) < 4.78 is 11.0. The van der Waals surface area contributed by atoms with E-state index in [0.29, 0.717) is 29.1 Å². The van der Waals surface area contributed by atoms with Gasteiger partial charge in [-0.2, -0.15) is 9.78 Å². The lowest BCUT2D eigenvalue weighted by atomic mass is 10.1. The summed E-state index contributed by atoms with van der Waals surface area (Å²) in [7, 11) is 1.45. The lowest BCUT2D eigenvalue weighted by Gasteiger charge is -2.07. The summed E-state index contributed by atoms with van der Waals surface area (Å²) in [5, 5.41) is 28.9. The van der Waals surface area contributed by atoms with Crippen molar-refractivity contribution >= 4 is 17.4 Å². The molecule has 0 bridgehead atoms. The first-order chi connectivity index (χ1) is 14.0. The number of carbonyl (C=O) groups is 1. The van der Waals surface area contributed by atoms with Crippen molar-refractivity contribution in [3.8, 4) is 17.3 Å². The highest BCUT2D eigenvalue weighted by atomic mass is 16.6. The molecule has 0 fully saturated rings. The number of carbonyl (C=O) groups excluding carboxylic acids is 1. The van der Waals surface area contributed by atoms with Gasteiger partial charge in [-0.15, -0.1) is 5.10 Å². The Morgan fingerprint density at radius 3 is 2.86 bits per heavy atom. The van der Waals surface area contributed by atoms with E-state index in [2.05, 4.69) is 35.8 Å². The maximum absolute atomic E-state index is 12.6. The number of anilines is 1. The Morgan fingerprint density at radius 2 is 2.21 bits per heavy atom. The first-order valence-corrected chi connectivity index (χ1v) is 8.71. The number of nitrogen functional groups attached to an aromatic ring is 1. The Kier molecular flexibility index (Phi) is 5.71. The van der Waals surface area contributed by atoms with Gasteiger partial charge in [0.1, 0.15) is 0 Å². The summed E-state index contributed by atoms with van der Waals surface area (Å²) in [6.07, 6.45) is 1.23. The smallest absolute Gasteiger partial charge is 0.293 e. The highest BCUT2D eigenvalue weighted by Gasteiger charge is 2.23. The van der Waals surface area contributed by atoms with Crippen molar-refractivity contribution in [1.82, 2.24) is 30.7 Å². The van der Waals surface area contributed by atoms with Gasteiger partial charge in [0.15, 0.2) is 17.2 Å². The lowest BCUT2D eigenvalue weighted by Crippen LogP contribution is -2.21. The number of aromatic hydroxyl groups is 1. The van der Waals surface area contributed by atoms with E-state index in [1.165, 1.54) is 17.9 Å². The van der Waals surface area contributed by atoms with Crippen LogP contribution in [0.2, 0.25) is 0 Å². The molecule has 2 heterocycles. The van der Waals surface area contributed by atoms with Crippen molar-refractivity contribution in [2.24, 2.45) is 5.10 Å². The molecule has 0 saturated heterocycles. The Bertz CT molecular complexity index is 1060. The van der Waals surface area contributed by atoms with E-state index < -0.39 is 5.91 Å². The Morgan fingerprint density at radius 1 is 1.41 bits per heavy atom. The number of amides is 1. The van der Waals surface area contributed by atoms with Crippen LogP contribution in [-0.4, -0.2) is 49.1 Å². The van der Waals surface area contributed by atoms with Gasteiger partial charge in [0.25, 0.3) is 5.91 Å². The lowest BCUT2D eigenvalue weighted by molar-refractivity contribution is 0.0948. The number of aromatic nitrogens is 5. The summed E-state index contributed by atoms with van der Waals surface area (Å²) in [5.41, 5.74) is 9.94. The quantitative estimate of drug-likeness (QED) is 0.388. The molecule has 0 aliphatic carbocycles. The second kappa shape index (κ2) is 8.37. The molecule has 0 spiro atoms. The largest absolute Gasteiger partial charge is 0.504 e. The van der Waals surface area contributed by atoms with Crippen LogP contribution >= 0.6 is 0 Å². The number of ether oxygens (including phenoxy) is 1. The molecule has 3 rings (SSSR count). The molecule has 0 atom stereocenters. The molecule has 0 unspecified atom stereocenters. The molecule has 4 N–H and O–H groups in total. The standard InChI is InChI=1S/C17H20N8O4/c1-4-5-11-14(20-24-25(11)16-15(18)22-29-23-16)17(27)21-19-9(2)10-6-7-12(26)13(8-10)28-3/h6-8,26H,4-5H2,1-3H3,(H2,18,22)(H,21,27)/b19-9+. The van der Waals surface area contributed by atoms with Crippen LogP contribution in [0.3, 0.4) is 0 Å². The summed E-state index contributed by atoms with van der Waals surface area (Å²) in [6.45, 7) is 3.65. The molecule has 3 aromatic rings. The van der Waals surface area contributed by atoms with Gasteiger partial charge in [0.05, 0.1) is 18.5 Å². The minimum atomic E-state index is -0.542. The number of phenolic OH excluding ortho intramolecular Hbond substituents is 1. The van der Waals surface area contributed by atoms with Gasteiger partial charge in [-0.25, -0.2) is 10.1 Å². The van der Waals surface area contributed by atoms with E-state index in [1.807, 2.05) is 6.92 Å². The summed E-state index contributed by atoms with van der Waals surface area (Å²) in [4.78, 5) is 12.6. The molecule has 1 amide bonds. The monoisotopic (exact) mass is 400 g/mol.